The van der Waals surface area contributed by atoms with Crippen molar-refractivity contribution in [2.45, 2.75) is 19.7 Å². The third kappa shape index (κ3) is 5.24. The van der Waals surface area contributed by atoms with E-state index in [0.717, 1.165) is 29.0 Å². The Balaban J connectivity index is 1.65. The van der Waals surface area contributed by atoms with Gasteiger partial charge in [-0.15, -0.1) is 0 Å². The molecule has 1 N–H and O–H groups in total. The highest BCUT2D eigenvalue weighted by atomic mass is 19.1. The molecule has 3 aromatic rings. The van der Waals surface area contributed by atoms with E-state index in [2.05, 4.69) is 5.32 Å². The number of methoxy groups -OCH3 is 2. The van der Waals surface area contributed by atoms with Gasteiger partial charge in [-0.05, 0) is 41.5 Å². The summed E-state index contributed by atoms with van der Waals surface area (Å²) >= 11 is 0. The van der Waals surface area contributed by atoms with Crippen LogP contribution in [0.5, 0.6) is 17.2 Å². The molecule has 0 atom stereocenters. The summed E-state index contributed by atoms with van der Waals surface area (Å²) in [6.45, 7) is 1.69. The summed E-state index contributed by atoms with van der Waals surface area (Å²) in [4.78, 5) is 0. The lowest BCUT2D eigenvalue weighted by atomic mass is 10.1. The summed E-state index contributed by atoms with van der Waals surface area (Å²) in [6, 6.07) is 20.0. The highest BCUT2D eigenvalue weighted by Gasteiger charge is 2.11. The molecule has 4 nitrogen and oxygen atoms in total. The molecule has 0 fully saturated rings. The number of hydrogen-bond acceptors (Lipinski definition) is 4. The van der Waals surface area contributed by atoms with E-state index in [1.807, 2.05) is 42.5 Å². The van der Waals surface area contributed by atoms with Gasteiger partial charge in [0.25, 0.3) is 0 Å². The first-order valence-corrected chi connectivity index (χ1v) is 9.06. The SMILES string of the molecule is COc1ccc(CNCc2cccc(OC)c2OCc2ccc(F)cc2)cc1. The Labute approximate surface area is 164 Å². The zero-order valence-electron chi connectivity index (χ0n) is 16.1. The fraction of sp³-hybridized carbons (Fsp3) is 0.217. The van der Waals surface area contributed by atoms with Crippen LogP contribution < -0.4 is 19.5 Å². The van der Waals surface area contributed by atoms with E-state index in [4.69, 9.17) is 14.2 Å². The number of nitrogens with one attached hydrogen (secondary N) is 1. The average Bonchev–Trinajstić information content (AvgIpc) is 2.74. The van der Waals surface area contributed by atoms with Gasteiger partial charge in [0.15, 0.2) is 11.5 Å². The Bertz CT molecular complexity index is 879. The summed E-state index contributed by atoms with van der Waals surface area (Å²) in [5, 5.41) is 3.43. The molecule has 0 bridgehead atoms. The highest BCUT2D eigenvalue weighted by molar-refractivity contribution is 5.46. The summed E-state index contributed by atoms with van der Waals surface area (Å²) in [5.74, 6) is 1.94. The van der Waals surface area contributed by atoms with E-state index in [0.29, 0.717) is 24.7 Å². The monoisotopic (exact) mass is 381 g/mol. The van der Waals surface area contributed by atoms with E-state index in [-0.39, 0.29) is 5.82 Å². The van der Waals surface area contributed by atoms with Crippen molar-refractivity contribution >= 4 is 0 Å². The standard InChI is InChI=1S/C23H24FNO3/c1-26-21-12-8-17(9-13-21)14-25-15-19-4-3-5-22(27-2)23(19)28-16-18-6-10-20(24)11-7-18/h3-13,25H,14-16H2,1-2H3. The van der Waals surface area contributed by atoms with E-state index in [1.165, 1.54) is 12.1 Å². The Morgan fingerprint density at radius 2 is 1.50 bits per heavy atom. The minimum Gasteiger partial charge on any atom is -0.497 e. The molecule has 0 amide bonds. The van der Waals surface area contributed by atoms with Gasteiger partial charge in [-0.1, -0.05) is 36.4 Å². The van der Waals surface area contributed by atoms with Gasteiger partial charge in [0.1, 0.15) is 18.2 Å². The third-order valence-electron chi connectivity index (χ3n) is 4.38. The van der Waals surface area contributed by atoms with Gasteiger partial charge in [-0.25, -0.2) is 4.39 Å². The molecule has 0 aliphatic carbocycles. The van der Waals surface area contributed by atoms with E-state index >= 15 is 0 Å². The maximum atomic E-state index is 13.1. The topological polar surface area (TPSA) is 39.7 Å². The van der Waals surface area contributed by atoms with Gasteiger partial charge in [-0.3, -0.25) is 0 Å². The van der Waals surface area contributed by atoms with E-state index in [1.54, 1.807) is 26.4 Å². The number of ether oxygens (including phenoxy) is 3. The van der Waals surface area contributed by atoms with Gasteiger partial charge in [-0.2, -0.15) is 0 Å². The summed E-state index contributed by atoms with van der Waals surface area (Å²) in [5.41, 5.74) is 3.05. The molecule has 0 spiro atoms. The maximum absolute atomic E-state index is 13.1. The lowest BCUT2D eigenvalue weighted by molar-refractivity contribution is 0.280. The largest absolute Gasteiger partial charge is 0.497 e. The molecular weight excluding hydrogens is 357 g/mol. The molecular formula is C23H24FNO3. The van der Waals surface area contributed by atoms with Crippen LogP contribution in [0, 0.1) is 5.82 Å². The molecule has 0 aliphatic rings. The fourth-order valence-electron chi connectivity index (χ4n) is 2.85. The van der Waals surface area contributed by atoms with Crippen LogP contribution in [0.15, 0.2) is 66.7 Å². The van der Waals surface area contributed by atoms with Gasteiger partial charge in [0, 0.05) is 18.7 Å². The van der Waals surface area contributed by atoms with Gasteiger partial charge >= 0.3 is 0 Å². The van der Waals surface area contributed by atoms with Gasteiger partial charge < -0.3 is 19.5 Å². The summed E-state index contributed by atoms with van der Waals surface area (Å²) < 4.78 is 29.7. The van der Waals surface area contributed by atoms with Crippen LogP contribution in [0.1, 0.15) is 16.7 Å². The number of rotatable bonds is 9. The molecule has 3 aromatic carbocycles. The zero-order valence-corrected chi connectivity index (χ0v) is 16.1. The molecule has 28 heavy (non-hydrogen) atoms. The molecule has 0 saturated carbocycles. The number of halogens is 1. The van der Waals surface area contributed by atoms with Crippen LogP contribution in [0.3, 0.4) is 0 Å². The average molecular weight is 381 g/mol. The van der Waals surface area contributed by atoms with Crippen LogP contribution in [-0.2, 0) is 19.7 Å². The van der Waals surface area contributed by atoms with Crippen LogP contribution in [0.4, 0.5) is 4.39 Å². The third-order valence-corrected chi connectivity index (χ3v) is 4.38. The molecule has 0 radical (unpaired) electrons. The first-order valence-electron chi connectivity index (χ1n) is 9.06. The molecule has 146 valence electrons. The van der Waals surface area contributed by atoms with Crippen LogP contribution in [0.25, 0.3) is 0 Å². The minimum atomic E-state index is -0.260. The van der Waals surface area contributed by atoms with Crippen molar-refractivity contribution in [3.8, 4) is 17.2 Å². The lowest BCUT2D eigenvalue weighted by Crippen LogP contribution is -2.14. The molecule has 0 unspecified atom stereocenters. The first-order chi connectivity index (χ1) is 13.7. The van der Waals surface area contributed by atoms with Crippen molar-refractivity contribution in [3.05, 3.63) is 89.2 Å². The van der Waals surface area contributed by atoms with E-state index in [9.17, 15) is 4.39 Å². The van der Waals surface area contributed by atoms with Crippen LogP contribution in [-0.4, -0.2) is 14.2 Å². The van der Waals surface area contributed by atoms with Crippen molar-refractivity contribution in [3.63, 3.8) is 0 Å². The molecule has 0 aromatic heterocycles. The fourth-order valence-corrected chi connectivity index (χ4v) is 2.85. The summed E-state index contributed by atoms with van der Waals surface area (Å²) in [6.07, 6.45) is 0. The molecule has 0 aliphatic heterocycles. The smallest absolute Gasteiger partial charge is 0.166 e. The lowest BCUT2D eigenvalue weighted by Gasteiger charge is -2.16. The second kappa shape index (κ2) is 9.76. The van der Waals surface area contributed by atoms with Crippen molar-refractivity contribution in [1.29, 1.82) is 0 Å². The molecule has 0 heterocycles. The van der Waals surface area contributed by atoms with Crippen LogP contribution >= 0.6 is 0 Å². The number of hydrogen-bond donors (Lipinski definition) is 1. The second-order valence-corrected chi connectivity index (χ2v) is 6.32. The van der Waals surface area contributed by atoms with E-state index < -0.39 is 0 Å². The Hall–Kier alpha value is -3.05. The zero-order chi connectivity index (χ0) is 19.8. The van der Waals surface area contributed by atoms with Crippen molar-refractivity contribution in [1.82, 2.24) is 5.32 Å². The Morgan fingerprint density at radius 1 is 0.786 bits per heavy atom. The quantitative estimate of drug-likeness (QED) is 0.583. The number of benzene rings is 3. The van der Waals surface area contributed by atoms with Crippen molar-refractivity contribution in [2.75, 3.05) is 14.2 Å². The molecule has 0 saturated heterocycles. The molecule has 5 heteroatoms. The molecule has 3 rings (SSSR count). The van der Waals surface area contributed by atoms with Crippen molar-refractivity contribution in [2.24, 2.45) is 0 Å². The number of para-hydroxylation sites is 1. The maximum Gasteiger partial charge on any atom is 0.166 e. The Kier molecular flexibility index (Phi) is 6.87. The van der Waals surface area contributed by atoms with Gasteiger partial charge in [0.2, 0.25) is 0 Å². The second-order valence-electron chi connectivity index (χ2n) is 6.32. The first kappa shape index (κ1) is 19.7. The van der Waals surface area contributed by atoms with Gasteiger partial charge in [0.05, 0.1) is 14.2 Å². The predicted octanol–water partition coefficient (Wildman–Crippen LogP) is 4.71. The predicted molar refractivity (Wildman–Crippen MR) is 107 cm³/mol. The summed E-state index contributed by atoms with van der Waals surface area (Å²) in [7, 11) is 3.28. The minimum absolute atomic E-state index is 0.260. The van der Waals surface area contributed by atoms with Crippen molar-refractivity contribution < 1.29 is 18.6 Å². The Morgan fingerprint density at radius 3 is 2.18 bits per heavy atom. The van der Waals surface area contributed by atoms with Crippen LogP contribution in [0.2, 0.25) is 0 Å². The highest BCUT2D eigenvalue weighted by Crippen LogP contribution is 2.32. The normalized spacial score (nSPS) is 10.5.